The van der Waals surface area contributed by atoms with E-state index >= 15 is 0 Å². The molecule has 2 N–H and O–H groups in total. The first kappa shape index (κ1) is 14.9. The minimum Gasteiger partial charge on any atom is -0.493 e. The number of aliphatic hydroxyl groups excluding tert-OH is 1. The number of aryl methyl sites for hydroxylation is 1. The maximum atomic E-state index is 11.3. The van der Waals surface area contributed by atoms with Crippen LogP contribution < -0.4 is 10.1 Å². The number of carbonyl (C=O) groups excluding carboxylic acids is 1. The minimum absolute atomic E-state index is 0.0226. The Hall–Kier alpha value is -1.55. The van der Waals surface area contributed by atoms with Gasteiger partial charge in [-0.3, -0.25) is 4.79 Å². The molecule has 2 rings (SSSR count). The van der Waals surface area contributed by atoms with E-state index in [2.05, 4.69) is 18.3 Å². The highest BCUT2D eigenvalue weighted by atomic mass is 16.5. The predicted octanol–water partition coefficient (Wildman–Crippen LogP) is 2.65. The smallest absolute Gasteiger partial charge is 0.217 e. The lowest BCUT2D eigenvalue weighted by atomic mass is 9.91. The van der Waals surface area contributed by atoms with Crippen LogP contribution in [0.3, 0.4) is 0 Å². The van der Waals surface area contributed by atoms with Gasteiger partial charge >= 0.3 is 0 Å². The molecule has 1 aliphatic heterocycles. The molecule has 4 heteroatoms. The summed E-state index contributed by atoms with van der Waals surface area (Å²) in [4.78, 5) is 11.3. The number of aliphatic hydroxyl groups is 1. The van der Waals surface area contributed by atoms with Crippen LogP contribution in [-0.4, -0.2) is 17.6 Å². The SMILES string of the molecule is CCc1cc(C(O)CC)c2c(c1)C(NC(C)=O)CCO2. The van der Waals surface area contributed by atoms with Crippen molar-refractivity contribution in [2.75, 3.05) is 6.61 Å². The molecule has 2 atom stereocenters. The van der Waals surface area contributed by atoms with Gasteiger partial charge in [0, 0.05) is 24.5 Å². The third-order valence-electron chi connectivity index (χ3n) is 3.77. The number of hydrogen-bond acceptors (Lipinski definition) is 3. The van der Waals surface area contributed by atoms with Crippen molar-refractivity contribution >= 4 is 5.91 Å². The van der Waals surface area contributed by atoms with E-state index in [1.165, 1.54) is 6.92 Å². The lowest BCUT2D eigenvalue weighted by Crippen LogP contribution is -2.31. The molecule has 1 aromatic carbocycles. The number of carbonyl (C=O) groups is 1. The van der Waals surface area contributed by atoms with Gasteiger partial charge in [-0.2, -0.15) is 0 Å². The molecule has 1 heterocycles. The van der Waals surface area contributed by atoms with Gasteiger partial charge in [-0.05, 0) is 24.5 Å². The minimum atomic E-state index is -0.522. The molecule has 0 fully saturated rings. The number of rotatable bonds is 4. The van der Waals surface area contributed by atoms with Crippen molar-refractivity contribution in [1.29, 1.82) is 0 Å². The van der Waals surface area contributed by atoms with Crippen molar-refractivity contribution < 1.29 is 14.6 Å². The summed E-state index contributed by atoms with van der Waals surface area (Å²) in [5, 5.41) is 13.2. The van der Waals surface area contributed by atoms with Gasteiger partial charge in [0.05, 0.1) is 18.8 Å². The number of nitrogens with one attached hydrogen (secondary N) is 1. The van der Waals surface area contributed by atoms with E-state index in [0.29, 0.717) is 13.0 Å². The van der Waals surface area contributed by atoms with Gasteiger partial charge in [-0.1, -0.05) is 19.9 Å². The van der Waals surface area contributed by atoms with Crippen LogP contribution in [0.25, 0.3) is 0 Å². The second-order valence-electron chi connectivity index (χ2n) is 5.27. The first-order chi connectivity index (χ1) is 9.56. The van der Waals surface area contributed by atoms with E-state index in [4.69, 9.17) is 4.74 Å². The van der Waals surface area contributed by atoms with E-state index in [1.54, 1.807) is 0 Å². The fourth-order valence-corrected chi connectivity index (χ4v) is 2.67. The lowest BCUT2D eigenvalue weighted by Gasteiger charge is -2.30. The summed E-state index contributed by atoms with van der Waals surface area (Å²) >= 11 is 0. The molecular formula is C16H23NO3. The molecule has 1 aliphatic rings. The molecule has 0 aromatic heterocycles. The van der Waals surface area contributed by atoms with Crippen molar-refractivity contribution in [2.24, 2.45) is 0 Å². The van der Waals surface area contributed by atoms with Crippen LogP contribution >= 0.6 is 0 Å². The average Bonchev–Trinajstić information content (AvgIpc) is 2.45. The highest BCUT2D eigenvalue weighted by molar-refractivity contribution is 5.73. The van der Waals surface area contributed by atoms with Gasteiger partial charge in [0.25, 0.3) is 0 Å². The van der Waals surface area contributed by atoms with Gasteiger partial charge in [0.2, 0.25) is 5.91 Å². The summed E-state index contributed by atoms with van der Waals surface area (Å²) in [5.74, 6) is 0.712. The molecule has 0 radical (unpaired) electrons. The van der Waals surface area contributed by atoms with Crippen molar-refractivity contribution in [2.45, 2.75) is 52.2 Å². The standard InChI is InChI=1S/C16H23NO3/c1-4-11-8-12-14(17-10(3)18)6-7-20-16(12)13(9-11)15(19)5-2/h8-9,14-15,19H,4-7H2,1-3H3,(H,17,18). The Bertz CT molecular complexity index is 499. The van der Waals surface area contributed by atoms with Crippen LogP contribution in [-0.2, 0) is 11.2 Å². The lowest BCUT2D eigenvalue weighted by molar-refractivity contribution is -0.119. The molecule has 110 valence electrons. The zero-order valence-corrected chi connectivity index (χ0v) is 12.4. The molecular weight excluding hydrogens is 254 g/mol. The number of hydrogen-bond donors (Lipinski definition) is 2. The largest absolute Gasteiger partial charge is 0.493 e. The number of benzene rings is 1. The first-order valence-electron chi connectivity index (χ1n) is 7.31. The molecule has 1 amide bonds. The monoisotopic (exact) mass is 277 g/mol. The average molecular weight is 277 g/mol. The molecule has 0 aliphatic carbocycles. The molecule has 4 nitrogen and oxygen atoms in total. The molecule has 2 unspecified atom stereocenters. The van der Waals surface area contributed by atoms with Gasteiger partial charge in [0.15, 0.2) is 0 Å². The van der Waals surface area contributed by atoms with Crippen molar-refractivity contribution in [3.05, 3.63) is 28.8 Å². The van der Waals surface area contributed by atoms with Gasteiger partial charge in [0.1, 0.15) is 5.75 Å². The maximum absolute atomic E-state index is 11.3. The fourth-order valence-electron chi connectivity index (χ4n) is 2.67. The van der Waals surface area contributed by atoms with Crippen LogP contribution in [0.1, 0.15) is 62.4 Å². The van der Waals surface area contributed by atoms with Crippen molar-refractivity contribution in [3.8, 4) is 5.75 Å². The Morgan fingerprint density at radius 2 is 2.25 bits per heavy atom. The Labute approximate surface area is 120 Å². The maximum Gasteiger partial charge on any atom is 0.217 e. The van der Waals surface area contributed by atoms with Crippen LogP contribution in [0.5, 0.6) is 5.75 Å². The summed E-state index contributed by atoms with van der Waals surface area (Å²) < 4.78 is 5.78. The van der Waals surface area contributed by atoms with Crippen LogP contribution in [0.15, 0.2) is 12.1 Å². The van der Waals surface area contributed by atoms with Crippen LogP contribution in [0, 0.1) is 0 Å². The second-order valence-corrected chi connectivity index (χ2v) is 5.27. The zero-order chi connectivity index (χ0) is 14.7. The van der Waals surface area contributed by atoms with Crippen LogP contribution in [0.2, 0.25) is 0 Å². The summed E-state index contributed by atoms with van der Waals surface area (Å²) in [6.07, 6.45) is 1.78. The normalized spacial score (nSPS) is 18.9. The molecule has 1 aromatic rings. The van der Waals surface area contributed by atoms with E-state index in [9.17, 15) is 9.90 Å². The van der Waals surface area contributed by atoms with E-state index in [1.807, 2.05) is 13.0 Å². The van der Waals surface area contributed by atoms with Gasteiger partial charge in [-0.25, -0.2) is 0 Å². The Morgan fingerprint density at radius 3 is 2.85 bits per heavy atom. The first-order valence-corrected chi connectivity index (χ1v) is 7.31. The van der Waals surface area contributed by atoms with E-state index in [-0.39, 0.29) is 11.9 Å². The summed E-state index contributed by atoms with van der Waals surface area (Å²) in [7, 11) is 0. The number of fused-ring (bicyclic) bond motifs is 1. The molecule has 20 heavy (non-hydrogen) atoms. The second kappa shape index (κ2) is 6.27. The quantitative estimate of drug-likeness (QED) is 0.889. The van der Waals surface area contributed by atoms with Crippen LogP contribution in [0.4, 0.5) is 0 Å². The summed E-state index contributed by atoms with van der Waals surface area (Å²) in [5.41, 5.74) is 3.00. The Kier molecular flexibility index (Phi) is 4.65. The highest BCUT2D eigenvalue weighted by Crippen LogP contribution is 2.39. The zero-order valence-electron chi connectivity index (χ0n) is 12.4. The highest BCUT2D eigenvalue weighted by Gasteiger charge is 2.27. The molecule has 0 saturated carbocycles. The molecule has 0 saturated heterocycles. The predicted molar refractivity (Wildman–Crippen MR) is 77.7 cm³/mol. The van der Waals surface area contributed by atoms with Gasteiger partial charge in [-0.15, -0.1) is 0 Å². The van der Waals surface area contributed by atoms with Crippen molar-refractivity contribution in [3.63, 3.8) is 0 Å². The molecule has 0 bridgehead atoms. The molecule has 0 spiro atoms. The fraction of sp³-hybridized carbons (Fsp3) is 0.562. The van der Waals surface area contributed by atoms with Crippen molar-refractivity contribution in [1.82, 2.24) is 5.32 Å². The number of ether oxygens (including phenoxy) is 1. The Balaban J connectivity index is 2.49. The third-order valence-corrected chi connectivity index (χ3v) is 3.77. The Morgan fingerprint density at radius 1 is 1.50 bits per heavy atom. The number of amides is 1. The van der Waals surface area contributed by atoms with E-state index in [0.717, 1.165) is 35.3 Å². The third kappa shape index (κ3) is 2.96. The summed E-state index contributed by atoms with van der Waals surface area (Å²) in [6, 6.07) is 4.08. The van der Waals surface area contributed by atoms with Gasteiger partial charge < -0.3 is 15.2 Å². The topological polar surface area (TPSA) is 58.6 Å². The van der Waals surface area contributed by atoms with E-state index < -0.39 is 6.10 Å². The summed E-state index contributed by atoms with van der Waals surface area (Å²) in [6.45, 7) is 6.12.